The van der Waals surface area contributed by atoms with E-state index in [1.54, 1.807) is 6.07 Å². The average Bonchev–Trinajstić information content (AvgIpc) is 3.13. The molecule has 4 rings (SSSR count). The molecule has 1 aromatic heterocycles. The van der Waals surface area contributed by atoms with Crippen LogP contribution in [0.1, 0.15) is 25.7 Å². The number of carbonyl (C=O) groups excluding carboxylic acids is 1. The normalized spacial score (nSPS) is 25.5. The molecule has 7 heteroatoms. The molecule has 2 aromatic rings. The van der Waals surface area contributed by atoms with Gasteiger partial charge >= 0.3 is 6.09 Å². The minimum atomic E-state index is -0.453. The highest BCUT2D eigenvalue weighted by molar-refractivity contribution is 7.13. The Labute approximate surface area is 173 Å². The van der Waals surface area contributed by atoms with Crippen LogP contribution < -0.4 is 22.3 Å². The van der Waals surface area contributed by atoms with Gasteiger partial charge in [0.05, 0.1) is 31.9 Å². The molecule has 3 heterocycles. The summed E-state index contributed by atoms with van der Waals surface area (Å²) in [5, 5.41) is 4.75. The average molecular weight is 455 g/mol. The number of thiophene rings is 1. The van der Waals surface area contributed by atoms with E-state index in [1.165, 1.54) is 36.3 Å². The number of halogens is 2. The second-order valence-electron chi connectivity index (χ2n) is 7.81. The maximum atomic E-state index is 13.7. The van der Waals surface area contributed by atoms with Gasteiger partial charge in [-0.3, -0.25) is 5.32 Å². The van der Waals surface area contributed by atoms with Gasteiger partial charge in [0.25, 0.3) is 0 Å². The summed E-state index contributed by atoms with van der Waals surface area (Å²) >= 11 is 1.51. The van der Waals surface area contributed by atoms with Crippen LogP contribution in [0.25, 0.3) is 10.4 Å². The molecule has 27 heavy (non-hydrogen) atoms. The quantitative estimate of drug-likeness (QED) is 0.718. The summed E-state index contributed by atoms with van der Waals surface area (Å²) in [5.74, 6) is -0.323. The lowest BCUT2D eigenvalue weighted by Crippen LogP contribution is -3.00. The molecule has 1 N–H and O–H groups in total. The summed E-state index contributed by atoms with van der Waals surface area (Å²) in [4.78, 5) is 13.4. The zero-order valence-electron chi connectivity index (χ0n) is 15.5. The van der Waals surface area contributed by atoms with Gasteiger partial charge in [0, 0.05) is 36.1 Å². The van der Waals surface area contributed by atoms with Gasteiger partial charge in [-0.2, -0.15) is 0 Å². The zero-order valence-corrected chi connectivity index (χ0v) is 17.9. The second kappa shape index (κ2) is 7.89. The Morgan fingerprint density at radius 1 is 1.22 bits per heavy atom. The van der Waals surface area contributed by atoms with Gasteiger partial charge < -0.3 is 26.2 Å². The summed E-state index contributed by atoms with van der Waals surface area (Å²) in [5.41, 5.74) is 1.26. The first-order chi connectivity index (χ1) is 12.4. The summed E-state index contributed by atoms with van der Waals surface area (Å²) < 4.78 is 20.4. The molecule has 2 fully saturated rings. The molecule has 4 nitrogen and oxygen atoms in total. The molecule has 0 spiro atoms. The van der Waals surface area contributed by atoms with Crippen molar-refractivity contribution in [1.82, 2.24) is 0 Å². The van der Waals surface area contributed by atoms with Crippen LogP contribution in [0.5, 0.6) is 0 Å². The van der Waals surface area contributed by atoms with Crippen LogP contribution in [-0.4, -0.2) is 42.9 Å². The van der Waals surface area contributed by atoms with E-state index >= 15 is 0 Å². The van der Waals surface area contributed by atoms with Gasteiger partial charge in [0.15, 0.2) is 0 Å². The number of piperidine rings is 1. The SMILES string of the molecule is C[N+]1(C)C2CCC1CC(OC(=O)Nc1ccc(F)cc1-c1cccs1)C2.[Br-]. The maximum absolute atomic E-state index is 13.7. The largest absolute Gasteiger partial charge is 1.00 e. The van der Waals surface area contributed by atoms with E-state index in [2.05, 4.69) is 19.4 Å². The fourth-order valence-electron chi connectivity index (χ4n) is 4.48. The number of nitrogens with one attached hydrogen (secondary N) is 1. The molecule has 2 atom stereocenters. The van der Waals surface area contributed by atoms with E-state index in [0.717, 1.165) is 22.2 Å². The van der Waals surface area contributed by atoms with Gasteiger partial charge in [-0.05, 0) is 29.6 Å². The number of benzene rings is 1. The van der Waals surface area contributed by atoms with Crippen molar-refractivity contribution in [3.8, 4) is 10.4 Å². The van der Waals surface area contributed by atoms with Gasteiger partial charge in [-0.25, -0.2) is 9.18 Å². The van der Waals surface area contributed by atoms with Crippen molar-refractivity contribution in [2.45, 2.75) is 43.9 Å². The van der Waals surface area contributed by atoms with Crippen LogP contribution in [-0.2, 0) is 4.74 Å². The van der Waals surface area contributed by atoms with Crippen molar-refractivity contribution in [3.63, 3.8) is 0 Å². The summed E-state index contributed by atoms with van der Waals surface area (Å²) in [6, 6.07) is 9.35. The highest BCUT2D eigenvalue weighted by atomic mass is 79.9. The summed E-state index contributed by atoms with van der Waals surface area (Å²) in [6.45, 7) is 0. The molecule has 1 amide bonds. The maximum Gasteiger partial charge on any atom is 0.411 e. The Balaban J connectivity index is 0.00000210. The Bertz CT molecular complexity index is 796. The number of amides is 1. The van der Waals surface area contributed by atoms with Crippen LogP contribution >= 0.6 is 11.3 Å². The number of hydrogen-bond donors (Lipinski definition) is 1. The van der Waals surface area contributed by atoms with Crippen LogP contribution in [0.4, 0.5) is 14.9 Å². The number of quaternary nitrogens is 1. The number of rotatable bonds is 3. The van der Waals surface area contributed by atoms with Gasteiger partial charge in [0.1, 0.15) is 11.9 Å². The first kappa shape index (κ1) is 20.3. The monoisotopic (exact) mass is 454 g/mol. The fourth-order valence-corrected chi connectivity index (χ4v) is 5.24. The Morgan fingerprint density at radius 3 is 2.56 bits per heavy atom. The molecular weight excluding hydrogens is 431 g/mol. The van der Waals surface area contributed by atoms with E-state index in [4.69, 9.17) is 4.74 Å². The van der Waals surface area contributed by atoms with Crippen LogP contribution in [0, 0.1) is 5.82 Å². The number of anilines is 1. The number of carbonyl (C=O) groups is 1. The molecule has 2 unspecified atom stereocenters. The van der Waals surface area contributed by atoms with Crippen molar-refractivity contribution in [3.05, 3.63) is 41.5 Å². The number of nitrogens with zero attached hydrogens (tertiary/aromatic N) is 1. The van der Waals surface area contributed by atoms with E-state index in [1.807, 2.05) is 17.5 Å². The molecule has 2 aliphatic heterocycles. The van der Waals surface area contributed by atoms with Crippen molar-refractivity contribution in [2.75, 3.05) is 19.4 Å². The Hall–Kier alpha value is -1.44. The zero-order chi connectivity index (χ0) is 18.3. The van der Waals surface area contributed by atoms with E-state index in [-0.39, 0.29) is 28.9 Å². The molecule has 0 aliphatic carbocycles. The second-order valence-corrected chi connectivity index (χ2v) is 8.75. The molecule has 2 saturated heterocycles. The topological polar surface area (TPSA) is 38.3 Å². The van der Waals surface area contributed by atoms with Crippen molar-refractivity contribution in [2.24, 2.45) is 0 Å². The number of hydrogen-bond acceptors (Lipinski definition) is 3. The molecule has 0 radical (unpaired) electrons. The standard InChI is InChI=1S/C20H23FN2O2S.BrH/c1-23(2)14-6-7-15(23)12-16(11-14)25-20(24)22-18-8-5-13(21)10-17(18)19-4-3-9-26-19;/h3-5,8-10,14-16H,6-7,11-12H2,1-2H3;1H. The fraction of sp³-hybridized carbons (Fsp3) is 0.450. The molecule has 2 bridgehead atoms. The predicted molar refractivity (Wildman–Crippen MR) is 102 cm³/mol. The van der Waals surface area contributed by atoms with E-state index in [9.17, 15) is 9.18 Å². The van der Waals surface area contributed by atoms with Crippen LogP contribution in [0.15, 0.2) is 35.7 Å². The van der Waals surface area contributed by atoms with Gasteiger partial charge in [-0.15, -0.1) is 11.3 Å². The van der Waals surface area contributed by atoms with Gasteiger partial charge in [-0.1, -0.05) is 6.07 Å². The lowest BCUT2D eigenvalue weighted by Gasteiger charge is -2.43. The number of fused-ring (bicyclic) bond motifs is 2. The lowest BCUT2D eigenvalue weighted by molar-refractivity contribution is -0.931. The third-order valence-electron chi connectivity index (χ3n) is 6.06. The molecule has 0 saturated carbocycles. The first-order valence-corrected chi connectivity index (χ1v) is 9.96. The predicted octanol–water partition coefficient (Wildman–Crippen LogP) is 1.88. The molecule has 1 aromatic carbocycles. The first-order valence-electron chi connectivity index (χ1n) is 9.08. The summed E-state index contributed by atoms with van der Waals surface area (Å²) in [7, 11) is 4.56. The number of ether oxygens (including phenoxy) is 1. The lowest BCUT2D eigenvalue weighted by atomic mass is 9.98. The third-order valence-corrected chi connectivity index (χ3v) is 6.97. The van der Waals surface area contributed by atoms with Crippen LogP contribution in [0.2, 0.25) is 0 Å². The van der Waals surface area contributed by atoms with Crippen molar-refractivity contribution < 1.29 is 35.4 Å². The molecule has 2 aliphatic rings. The smallest absolute Gasteiger partial charge is 0.411 e. The highest BCUT2D eigenvalue weighted by Crippen LogP contribution is 2.40. The Kier molecular flexibility index (Phi) is 5.93. The van der Waals surface area contributed by atoms with Gasteiger partial charge in [0.2, 0.25) is 0 Å². The highest BCUT2D eigenvalue weighted by Gasteiger charge is 2.49. The van der Waals surface area contributed by atoms with Crippen molar-refractivity contribution in [1.29, 1.82) is 0 Å². The molecule has 146 valence electrons. The van der Waals surface area contributed by atoms with Crippen LogP contribution in [0.3, 0.4) is 0 Å². The third kappa shape index (κ3) is 4.05. The minimum absolute atomic E-state index is 0. The van der Waals surface area contributed by atoms with E-state index in [0.29, 0.717) is 23.3 Å². The minimum Gasteiger partial charge on any atom is -1.00 e. The summed E-state index contributed by atoms with van der Waals surface area (Å²) in [6.07, 6.45) is 3.76. The Morgan fingerprint density at radius 2 is 1.93 bits per heavy atom. The van der Waals surface area contributed by atoms with E-state index < -0.39 is 6.09 Å². The van der Waals surface area contributed by atoms with Crippen molar-refractivity contribution >= 4 is 23.1 Å². The molecular formula is C20H24BrFN2O2S.